The topological polar surface area (TPSA) is 111 Å². The summed E-state index contributed by atoms with van der Waals surface area (Å²) in [5, 5.41) is 11.8. The van der Waals surface area contributed by atoms with Crippen LogP contribution in [0.15, 0.2) is 109 Å². The van der Waals surface area contributed by atoms with E-state index in [2.05, 4.69) is 123 Å². The van der Waals surface area contributed by atoms with Crippen molar-refractivity contribution in [3.05, 3.63) is 109 Å². The Morgan fingerprint density at radius 3 is 1.05 bits per heavy atom. The van der Waals surface area contributed by atoms with E-state index in [4.69, 9.17) is 18.9 Å². The Bertz CT molecular complexity index is 1700. The van der Waals surface area contributed by atoms with Gasteiger partial charge in [0.05, 0.1) is 40.3 Å². The minimum Gasteiger partial charge on any atom is -0.545 e. The summed E-state index contributed by atoms with van der Waals surface area (Å²) in [6.07, 6.45) is 83.0. The van der Waals surface area contributed by atoms with Crippen molar-refractivity contribution in [1.29, 1.82) is 0 Å². The van der Waals surface area contributed by atoms with E-state index in [-0.39, 0.29) is 38.6 Å². The summed E-state index contributed by atoms with van der Waals surface area (Å²) in [5.41, 5.74) is 0. The first-order valence-corrected chi connectivity index (χ1v) is 33.0. The average Bonchev–Trinajstić information content (AvgIpc) is 3.44. The lowest BCUT2D eigenvalue weighted by Crippen LogP contribution is -2.44. The zero-order valence-corrected chi connectivity index (χ0v) is 52.9. The van der Waals surface area contributed by atoms with Gasteiger partial charge in [-0.1, -0.05) is 284 Å². The van der Waals surface area contributed by atoms with Crippen LogP contribution in [-0.2, 0) is 33.3 Å². The Morgan fingerprint density at radius 1 is 0.383 bits per heavy atom. The molecule has 0 bridgehead atoms. The lowest BCUT2D eigenvalue weighted by molar-refractivity contribution is -0.870. The molecule has 2 unspecified atom stereocenters. The third-order valence-corrected chi connectivity index (χ3v) is 14.0. The number of esters is 2. The third-order valence-electron chi connectivity index (χ3n) is 14.0. The van der Waals surface area contributed by atoms with Crippen molar-refractivity contribution in [1.82, 2.24) is 0 Å². The number of hydrogen-bond donors (Lipinski definition) is 0. The summed E-state index contributed by atoms with van der Waals surface area (Å²) in [6, 6.07) is 0. The number of likely N-dealkylation sites (N-methyl/N-ethyl adjacent to an activating group) is 1. The second kappa shape index (κ2) is 62.0. The van der Waals surface area contributed by atoms with Gasteiger partial charge in [0.15, 0.2) is 12.4 Å². The number of nitrogens with zero attached hydrogens (tertiary/aromatic N) is 1. The van der Waals surface area contributed by atoms with Crippen LogP contribution in [0.2, 0.25) is 0 Å². The van der Waals surface area contributed by atoms with E-state index in [9.17, 15) is 19.5 Å². The van der Waals surface area contributed by atoms with Gasteiger partial charge in [0.25, 0.3) is 0 Å². The Balaban J connectivity index is 4.26. The molecule has 0 spiro atoms. The fourth-order valence-corrected chi connectivity index (χ4v) is 9.00. The Hall–Kier alpha value is -4.05. The van der Waals surface area contributed by atoms with Crippen LogP contribution in [0.4, 0.5) is 0 Å². The van der Waals surface area contributed by atoms with Gasteiger partial charge >= 0.3 is 11.9 Å². The second-order valence-corrected chi connectivity index (χ2v) is 23.0. The van der Waals surface area contributed by atoms with Crippen LogP contribution < -0.4 is 5.11 Å². The summed E-state index contributed by atoms with van der Waals surface area (Å²) in [5.74, 6) is -2.33. The van der Waals surface area contributed by atoms with Gasteiger partial charge in [0, 0.05) is 12.8 Å². The number of allylic oxidation sites excluding steroid dienone is 18. The number of unbranched alkanes of at least 4 members (excludes halogenated alkanes) is 27. The van der Waals surface area contributed by atoms with E-state index in [0.717, 1.165) is 96.3 Å². The van der Waals surface area contributed by atoms with Gasteiger partial charge in [-0.05, 0) is 83.5 Å². The van der Waals surface area contributed by atoms with E-state index in [1.165, 1.54) is 141 Å². The average molecular weight is 1130 g/mol. The maximum atomic E-state index is 12.9. The lowest BCUT2D eigenvalue weighted by atomic mass is 10.0. The van der Waals surface area contributed by atoms with E-state index >= 15 is 0 Å². The molecular weight excluding hydrogens is 1010 g/mol. The number of hydrogen-bond acceptors (Lipinski definition) is 8. The summed E-state index contributed by atoms with van der Waals surface area (Å²) in [4.78, 5) is 37.4. The monoisotopic (exact) mass is 1130 g/mol. The summed E-state index contributed by atoms with van der Waals surface area (Å²) >= 11 is 0. The predicted octanol–water partition coefficient (Wildman–Crippen LogP) is 18.9. The van der Waals surface area contributed by atoms with Gasteiger partial charge in [-0.2, -0.15) is 0 Å². The highest BCUT2D eigenvalue weighted by Crippen LogP contribution is 2.17. The molecule has 0 saturated heterocycles. The smallest absolute Gasteiger partial charge is 0.306 e. The Labute approximate surface area is 498 Å². The maximum Gasteiger partial charge on any atom is 0.306 e. The van der Waals surface area contributed by atoms with Gasteiger partial charge in [-0.3, -0.25) is 9.59 Å². The summed E-state index contributed by atoms with van der Waals surface area (Å²) in [6.45, 7) is 4.62. The van der Waals surface area contributed by atoms with Gasteiger partial charge in [0.1, 0.15) is 13.2 Å². The molecule has 81 heavy (non-hydrogen) atoms. The van der Waals surface area contributed by atoms with E-state index in [1.54, 1.807) is 0 Å². The molecule has 2 atom stereocenters. The molecule has 0 radical (unpaired) electrons. The van der Waals surface area contributed by atoms with Crippen molar-refractivity contribution < 1.29 is 42.9 Å². The highest BCUT2D eigenvalue weighted by atomic mass is 16.7. The minimum atomic E-state index is -1.64. The highest BCUT2D eigenvalue weighted by molar-refractivity contribution is 5.70. The molecule has 0 aliphatic heterocycles. The molecule has 0 aromatic rings. The SMILES string of the molecule is CC/C=C\C/C=C\C/C=C\C/C=C\C/C=C\C/C=C\C/C=C\C/C=C\C/C=C\CCCCCC(=O)OC(COC(=O)CCCCCCCCCCCCCCCCCCCCCCCCCCC)COC(OCC[N+](C)(C)C)C(=O)[O-]. The number of rotatable bonds is 60. The summed E-state index contributed by atoms with van der Waals surface area (Å²) < 4.78 is 22.7. The van der Waals surface area contributed by atoms with Gasteiger partial charge in [-0.25, -0.2) is 0 Å². The molecule has 0 aromatic carbocycles. The minimum absolute atomic E-state index is 0.136. The van der Waals surface area contributed by atoms with Gasteiger partial charge in [0.2, 0.25) is 0 Å². The van der Waals surface area contributed by atoms with Gasteiger partial charge in [-0.15, -0.1) is 0 Å². The molecule has 0 aliphatic carbocycles. The molecule has 0 fully saturated rings. The van der Waals surface area contributed by atoms with Crippen molar-refractivity contribution in [3.8, 4) is 0 Å². The normalized spacial score (nSPS) is 13.4. The van der Waals surface area contributed by atoms with Crippen LogP contribution in [-0.4, -0.2) is 82.3 Å². The van der Waals surface area contributed by atoms with E-state index < -0.39 is 24.3 Å². The van der Waals surface area contributed by atoms with Crippen LogP contribution in [0.5, 0.6) is 0 Å². The number of carbonyl (C=O) groups is 3. The van der Waals surface area contributed by atoms with Crippen LogP contribution in [0, 0.1) is 0 Å². The first kappa shape index (κ1) is 77.0. The Kier molecular flexibility index (Phi) is 58.9. The number of carbonyl (C=O) groups excluding carboxylic acids is 3. The van der Waals surface area contributed by atoms with Crippen LogP contribution in [0.25, 0.3) is 0 Å². The second-order valence-electron chi connectivity index (χ2n) is 23.0. The first-order chi connectivity index (χ1) is 39.6. The lowest BCUT2D eigenvalue weighted by Gasteiger charge is -2.26. The largest absolute Gasteiger partial charge is 0.545 e. The molecule has 0 heterocycles. The van der Waals surface area contributed by atoms with Crippen molar-refractivity contribution in [2.75, 3.05) is 47.5 Å². The highest BCUT2D eigenvalue weighted by Gasteiger charge is 2.22. The molecule has 0 aromatic heterocycles. The fraction of sp³-hybridized carbons (Fsp3) is 0.708. The van der Waals surface area contributed by atoms with Crippen molar-refractivity contribution in [3.63, 3.8) is 0 Å². The van der Waals surface area contributed by atoms with Crippen molar-refractivity contribution in [2.24, 2.45) is 0 Å². The molecule has 0 N–H and O–H groups in total. The molecule has 9 heteroatoms. The molecule has 0 aliphatic rings. The zero-order chi connectivity index (χ0) is 59.1. The Morgan fingerprint density at radius 2 is 0.704 bits per heavy atom. The first-order valence-electron chi connectivity index (χ1n) is 33.0. The molecule has 0 amide bonds. The van der Waals surface area contributed by atoms with E-state index in [1.807, 2.05) is 21.1 Å². The quantitative estimate of drug-likeness (QED) is 0.0195. The van der Waals surface area contributed by atoms with Crippen LogP contribution in [0.1, 0.15) is 271 Å². The number of carboxylic acid groups (broad SMARTS) is 1. The van der Waals surface area contributed by atoms with Crippen molar-refractivity contribution in [2.45, 2.75) is 283 Å². The van der Waals surface area contributed by atoms with Crippen LogP contribution >= 0.6 is 0 Å². The summed E-state index contributed by atoms with van der Waals surface area (Å²) in [7, 11) is 5.91. The standard InChI is InChI=1S/C72H123NO8/c1-6-8-10-12-14-16-18-20-22-24-26-28-30-32-33-34-35-36-37-39-41-43-45-47-49-51-53-55-57-59-61-63-70(75)81-68(67-80-72(71(76)77)78-65-64-73(3,4)5)66-79-69(74)62-60-58-56-54-52-50-48-46-44-42-40-38-31-29-27-25-23-21-19-17-15-13-11-9-7-2/h8,10,14,16,20,22,26,28,32-33,35-36,39,41,45,47,51,53,68,72H,6-7,9,11-13,15,17-19,21,23-25,27,29-31,34,37-38,40,42-44,46,48-50,52,54-67H2,1-5H3/b10-8-,16-14-,22-20-,28-26-,33-32-,36-35-,41-39-,47-45-,53-51-. The zero-order valence-electron chi connectivity index (χ0n) is 52.9. The number of aliphatic carboxylic acids is 1. The van der Waals surface area contributed by atoms with Crippen LogP contribution in [0.3, 0.4) is 0 Å². The molecule has 9 nitrogen and oxygen atoms in total. The molecule has 464 valence electrons. The number of ether oxygens (including phenoxy) is 4. The van der Waals surface area contributed by atoms with Gasteiger partial charge < -0.3 is 33.3 Å². The number of carboxylic acids is 1. The third kappa shape index (κ3) is 63.4. The van der Waals surface area contributed by atoms with Crippen molar-refractivity contribution >= 4 is 17.9 Å². The fourth-order valence-electron chi connectivity index (χ4n) is 9.00. The molecular formula is C72H123NO8. The number of quaternary nitrogens is 1. The molecule has 0 saturated carbocycles. The predicted molar refractivity (Wildman–Crippen MR) is 343 cm³/mol. The van der Waals surface area contributed by atoms with E-state index in [0.29, 0.717) is 17.4 Å². The molecule has 0 rings (SSSR count). The maximum absolute atomic E-state index is 12.9.